The van der Waals surface area contributed by atoms with Crippen LogP contribution in [0, 0.1) is 6.92 Å². The van der Waals surface area contributed by atoms with E-state index in [1.807, 2.05) is 30.3 Å². The van der Waals surface area contributed by atoms with Crippen molar-refractivity contribution in [2.45, 2.75) is 6.92 Å². The molecule has 1 amide bonds. The van der Waals surface area contributed by atoms with Gasteiger partial charge in [0.2, 0.25) is 0 Å². The van der Waals surface area contributed by atoms with Gasteiger partial charge in [-0.05, 0) is 23.8 Å². The number of amides is 1. The third-order valence-corrected chi connectivity index (χ3v) is 4.31. The number of carbonyl (C=O) groups is 1. The van der Waals surface area contributed by atoms with Crippen molar-refractivity contribution < 1.29 is 9.90 Å². The molecule has 0 saturated heterocycles. The SMILES string of the molecule is Cc1nc(N)sc1C(=O)N/N=C/c1c(O)ccc2ccccc12. The van der Waals surface area contributed by atoms with Crippen LogP contribution in [0.5, 0.6) is 5.75 Å². The van der Waals surface area contributed by atoms with Gasteiger partial charge in [0.05, 0.1) is 11.9 Å². The van der Waals surface area contributed by atoms with E-state index in [1.165, 1.54) is 6.21 Å². The van der Waals surface area contributed by atoms with Gasteiger partial charge in [0.25, 0.3) is 5.91 Å². The van der Waals surface area contributed by atoms with E-state index >= 15 is 0 Å². The number of nitrogen functional groups attached to an aromatic ring is 1. The van der Waals surface area contributed by atoms with Gasteiger partial charge in [0, 0.05) is 5.56 Å². The predicted octanol–water partition coefficient (Wildman–Crippen LogP) is 2.66. The molecule has 3 aromatic rings. The third-order valence-electron chi connectivity index (χ3n) is 3.33. The van der Waals surface area contributed by atoms with Gasteiger partial charge in [-0.15, -0.1) is 0 Å². The van der Waals surface area contributed by atoms with Crippen LogP contribution in [0.1, 0.15) is 20.9 Å². The Labute approximate surface area is 136 Å². The number of phenolic OH excluding ortho intramolecular Hbond substituents is 1. The smallest absolute Gasteiger partial charge is 0.283 e. The molecule has 0 saturated carbocycles. The van der Waals surface area contributed by atoms with E-state index < -0.39 is 0 Å². The van der Waals surface area contributed by atoms with Gasteiger partial charge in [-0.1, -0.05) is 41.7 Å². The standard InChI is InChI=1S/C16H14N4O2S/c1-9-14(23-16(17)19-9)15(22)20-18-8-12-11-5-3-2-4-10(11)6-7-13(12)21/h2-8,21H,1H3,(H2,17,19)(H,20,22)/b18-8+. The largest absolute Gasteiger partial charge is 0.507 e. The van der Waals surface area contributed by atoms with Crippen molar-refractivity contribution in [2.24, 2.45) is 5.10 Å². The highest BCUT2D eigenvalue weighted by Gasteiger charge is 2.13. The number of rotatable bonds is 3. The molecule has 3 rings (SSSR count). The highest BCUT2D eigenvalue weighted by Crippen LogP contribution is 2.25. The van der Waals surface area contributed by atoms with Crippen LogP contribution in [-0.4, -0.2) is 22.2 Å². The molecule has 0 radical (unpaired) electrons. The zero-order chi connectivity index (χ0) is 16.4. The molecule has 0 aliphatic carbocycles. The summed E-state index contributed by atoms with van der Waals surface area (Å²) in [5, 5.41) is 16.1. The summed E-state index contributed by atoms with van der Waals surface area (Å²) < 4.78 is 0. The van der Waals surface area contributed by atoms with Crippen LogP contribution in [0.3, 0.4) is 0 Å². The molecule has 116 valence electrons. The van der Waals surface area contributed by atoms with Crippen molar-refractivity contribution >= 4 is 39.4 Å². The first-order valence-electron chi connectivity index (χ1n) is 6.83. The Morgan fingerprint density at radius 2 is 2.13 bits per heavy atom. The number of fused-ring (bicyclic) bond motifs is 1. The van der Waals surface area contributed by atoms with Crippen LogP contribution in [0.25, 0.3) is 10.8 Å². The van der Waals surface area contributed by atoms with E-state index in [9.17, 15) is 9.90 Å². The number of benzene rings is 2. The molecule has 6 nitrogen and oxygen atoms in total. The number of carbonyl (C=O) groups excluding carboxylic acids is 1. The summed E-state index contributed by atoms with van der Waals surface area (Å²) in [5.41, 5.74) is 9.11. The topological polar surface area (TPSA) is 101 Å². The number of nitrogens with zero attached hydrogens (tertiary/aromatic N) is 2. The molecule has 2 aromatic carbocycles. The second-order valence-electron chi connectivity index (χ2n) is 4.89. The molecule has 0 atom stereocenters. The van der Waals surface area contributed by atoms with Crippen molar-refractivity contribution in [1.29, 1.82) is 0 Å². The number of hydrogen-bond donors (Lipinski definition) is 3. The van der Waals surface area contributed by atoms with Crippen LogP contribution < -0.4 is 11.2 Å². The molecule has 1 aromatic heterocycles. The van der Waals surface area contributed by atoms with E-state index in [1.54, 1.807) is 13.0 Å². The minimum Gasteiger partial charge on any atom is -0.507 e. The summed E-state index contributed by atoms with van der Waals surface area (Å²) in [6.45, 7) is 1.71. The molecule has 4 N–H and O–H groups in total. The molecule has 0 bridgehead atoms. The Hall–Kier alpha value is -2.93. The fourth-order valence-electron chi connectivity index (χ4n) is 2.25. The van der Waals surface area contributed by atoms with Crippen LogP contribution in [-0.2, 0) is 0 Å². The van der Waals surface area contributed by atoms with E-state index in [4.69, 9.17) is 5.73 Å². The zero-order valence-corrected chi connectivity index (χ0v) is 13.1. The molecule has 1 heterocycles. The second kappa shape index (κ2) is 6.05. The second-order valence-corrected chi connectivity index (χ2v) is 5.92. The average Bonchev–Trinajstić information content (AvgIpc) is 2.88. The quantitative estimate of drug-likeness (QED) is 0.509. The lowest BCUT2D eigenvalue weighted by Gasteiger charge is -2.04. The predicted molar refractivity (Wildman–Crippen MR) is 91.9 cm³/mol. The normalized spacial score (nSPS) is 11.2. The number of phenols is 1. The third kappa shape index (κ3) is 3.00. The Kier molecular flexibility index (Phi) is 3.94. The lowest BCUT2D eigenvalue weighted by molar-refractivity contribution is 0.0958. The minimum absolute atomic E-state index is 0.0971. The summed E-state index contributed by atoms with van der Waals surface area (Å²) in [6.07, 6.45) is 1.43. The zero-order valence-electron chi connectivity index (χ0n) is 12.3. The number of aromatic nitrogens is 1. The first kappa shape index (κ1) is 15.0. The Bertz CT molecular complexity index is 918. The van der Waals surface area contributed by atoms with Gasteiger partial charge in [0.1, 0.15) is 10.6 Å². The summed E-state index contributed by atoms with van der Waals surface area (Å²) in [6, 6.07) is 11.0. The van der Waals surface area contributed by atoms with Crippen molar-refractivity contribution in [3.05, 3.63) is 52.5 Å². The maximum absolute atomic E-state index is 12.0. The number of anilines is 1. The first-order chi connectivity index (χ1) is 11.1. The summed E-state index contributed by atoms with van der Waals surface area (Å²) in [7, 11) is 0. The van der Waals surface area contributed by atoms with E-state index in [2.05, 4.69) is 15.5 Å². The monoisotopic (exact) mass is 326 g/mol. The van der Waals surface area contributed by atoms with Crippen molar-refractivity contribution in [3.8, 4) is 5.75 Å². The first-order valence-corrected chi connectivity index (χ1v) is 7.65. The van der Waals surface area contributed by atoms with Crippen LogP contribution >= 0.6 is 11.3 Å². The molecular weight excluding hydrogens is 312 g/mol. The van der Waals surface area contributed by atoms with E-state index in [0.717, 1.165) is 22.1 Å². The van der Waals surface area contributed by atoms with Gasteiger partial charge in [0.15, 0.2) is 5.13 Å². The number of aromatic hydroxyl groups is 1. The van der Waals surface area contributed by atoms with E-state index in [0.29, 0.717) is 21.3 Å². The molecule has 0 aliphatic heterocycles. The van der Waals surface area contributed by atoms with Crippen LogP contribution in [0.2, 0.25) is 0 Å². The molecular formula is C16H14N4O2S. The number of hydrogen-bond acceptors (Lipinski definition) is 6. The van der Waals surface area contributed by atoms with Crippen molar-refractivity contribution in [2.75, 3.05) is 5.73 Å². The maximum atomic E-state index is 12.0. The van der Waals surface area contributed by atoms with Crippen molar-refractivity contribution in [3.63, 3.8) is 0 Å². The number of aryl methyl sites for hydroxylation is 1. The summed E-state index contributed by atoms with van der Waals surface area (Å²) in [4.78, 5) is 16.5. The fraction of sp³-hybridized carbons (Fsp3) is 0.0625. The molecule has 7 heteroatoms. The van der Waals surface area contributed by atoms with Gasteiger partial charge < -0.3 is 10.8 Å². The summed E-state index contributed by atoms with van der Waals surface area (Å²) in [5.74, 6) is -0.285. The maximum Gasteiger partial charge on any atom is 0.283 e. The Balaban J connectivity index is 1.85. The lowest BCUT2D eigenvalue weighted by atomic mass is 10.0. The number of nitrogens with two attached hydrogens (primary N) is 1. The van der Waals surface area contributed by atoms with Gasteiger partial charge in [-0.25, -0.2) is 10.4 Å². The number of hydrazone groups is 1. The molecule has 0 spiro atoms. The van der Waals surface area contributed by atoms with Crippen LogP contribution in [0.15, 0.2) is 41.5 Å². The Morgan fingerprint density at radius 1 is 1.35 bits per heavy atom. The highest BCUT2D eigenvalue weighted by molar-refractivity contribution is 7.17. The summed E-state index contributed by atoms with van der Waals surface area (Å²) >= 11 is 1.11. The van der Waals surface area contributed by atoms with Gasteiger partial charge in [-0.2, -0.15) is 5.10 Å². The lowest BCUT2D eigenvalue weighted by Crippen LogP contribution is -2.17. The molecule has 0 unspecified atom stereocenters. The number of nitrogens with one attached hydrogen (secondary N) is 1. The average molecular weight is 326 g/mol. The fourth-order valence-corrected chi connectivity index (χ4v) is 2.98. The molecule has 0 aliphatic rings. The van der Waals surface area contributed by atoms with Gasteiger partial charge in [-0.3, -0.25) is 4.79 Å². The minimum atomic E-state index is -0.382. The van der Waals surface area contributed by atoms with Crippen LogP contribution in [0.4, 0.5) is 5.13 Å². The number of thiazole rings is 1. The van der Waals surface area contributed by atoms with Crippen molar-refractivity contribution in [1.82, 2.24) is 10.4 Å². The molecule has 0 fully saturated rings. The Morgan fingerprint density at radius 3 is 2.87 bits per heavy atom. The van der Waals surface area contributed by atoms with Gasteiger partial charge >= 0.3 is 0 Å². The van der Waals surface area contributed by atoms with E-state index in [-0.39, 0.29) is 11.7 Å². The highest BCUT2D eigenvalue weighted by atomic mass is 32.1. The molecule has 23 heavy (non-hydrogen) atoms.